The molecule has 2 atom stereocenters. The molecular weight excluding hydrogens is 85.0 g/mol. The Morgan fingerprint density at radius 2 is 2.17 bits per heavy atom. The Bertz CT molecular complexity index is 47.4. The average molecular weight is 94.1 g/mol. The molecule has 0 saturated heterocycles. The summed E-state index contributed by atoms with van der Waals surface area (Å²) in [4.78, 5) is 0. The van der Waals surface area contributed by atoms with Gasteiger partial charge in [0, 0.05) is 0 Å². The molecule has 3 nitrogen and oxygen atoms in total. The summed E-state index contributed by atoms with van der Waals surface area (Å²) in [5, 5.41) is 24.3. The van der Waals surface area contributed by atoms with Crippen LogP contribution in [0.4, 0.5) is 0 Å². The Morgan fingerprint density at radius 3 is 2.17 bits per heavy atom. The van der Waals surface area contributed by atoms with Gasteiger partial charge in [0.15, 0.2) is 0 Å². The van der Waals surface area contributed by atoms with E-state index >= 15 is 0 Å². The largest absolute Gasteiger partial charge is 0.394 e. The van der Waals surface area contributed by atoms with Crippen LogP contribution in [-0.2, 0) is 0 Å². The van der Waals surface area contributed by atoms with Gasteiger partial charge in [-0.15, -0.1) is 0 Å². The fraction of sp³-hybridized carbons (Fsp3) is 1.00. The van der Waals surface area contributed by atoms with Crippen molar-refractivity contribution in [3.05, 3.63) is 0 Å². The van der Waals surface area contributed by atoms with Crippen LogP contribution in [0.3, 0.4) is 0 Å². The van der Waals surface area contributed by atoms with Gasteiger partial charge >= 0.3 is 0 Å². The quantitative estimate of drug-likeness (QED) is 0.359. The van der Waals surface area contributed by atoms with E-state index in [-0.39, 0.29) is 0 Å². The molecule has 38 valence electrons. The first-order chi connectivity index (χ1) is 3.18. The van der Waals surface area contributed by atoms with E-state index in [1.165, 1.54) is 0 Å². The first-order valence-electron chi connectivity index (χ1n) is 2.15. The van der Waals surface area contributed by atoms with Crippen molar-refractivity contribution in [1.29, 1.82) is 0 Å². The van der Waals surface area contributed by atoms with Crippen LogP contribution in [0.25, 0.3) is 0 Å². The lowest BCUT2D eigenvalue weighted by Crippen LogP contribution is -2.15. The van der Waals surface area contributed by atoms with Crippen LogP contribution in [0.5, 0.6) is 0 Å². The van der Waals surface area contributed by atoms with Crippen LogP contribution in [0, 0.1) is 0 Å². The molecule has 0 rings (SSSR count). The molecule has 0 fully saturated rings. The molecule has 0 radical (unpaired) electrons. The molecule has 0 aliphatic heterocycles. The fourth-order valence-corrected chi connectivity index (χ4v) is 0.0471. The normalized spacial score (nSPS) is 22.2. The first-order valence-corrected chi connectivity index (χ1v) is 1.57. The minimum atomic E-state index is -1.58. The summed E-state index contributed by atoms with van der Waals surface area (Å²) in [6.45, 7) is -2.14. The van der Waals surface area contributed by atoms with Crippen LogP contribution in [0.2, 0.25) is 0 Å². The Morgan fingerprint density at radius 1 is 1.67 bits per heavy atom. The highest BCUT2D eigenvalue weighted by atomic mass is 16.4. The fourth-order valence-electron chi connectivity index (χ4n) is 0.0471. The summed E-state index contributed by atoms with van der Waals surface area (Å²) in [5.74, 6) is 0. The van der Waals surface area contributed by atoms with Gasteiger partial charge in [-0.2, -0.15) is 0 Å². The Balaban J connectivity index is 3.14. The number of aliphatic hydroxyl groups excluding tert-OH is 3. The maximum absolute atomic E-state index is 8.25. The van der Waals surface area contributed by atoms with E-state index in [4.69, 9.17) is 16.7 Å². The minimum absolute atomic E-state index is 0.565. The highest BCUT2D eigenvalue weighted by Gasteiger charge is 1.93. The topological polar surface area (TPSA) is 60.7 Å². The molecule has 0 spiro atoms. The van der Waals surface area contributed by atoms with E-state index in [1.807, 2.05) is 0 Å². The van der Waals surface area contributed by atoms with E-state index in [0.29, 0.717) is 0 Å². The second kappa shape index (κ2) is 3.08. The van der Waals surface area contributed by atoms with Gasteiger partial charge in [-0.25, -0.2) is 0 Å². The standard InChI is InChI=1S/C3H8O3/c4-1-3(6)2-5/h3-6H,1-2H2/i1D,3+1/t1?,3-/m0/s1. The predicted molar refractivity (Wildman–Crippen MR) is 20.2 cm³/mol. The predicted octanol–water partition coefficient (Wildman–Crippen LogP) is -1.67. The van der Waals surface area contributed by atoms with Gasteiger partial charge in [-0.3, -0.25) is 0 Å². The summed E-state index contributed by atoms with van der Waals surface area (Å²) in [6.07, 6.45) is -1.32. The van der Waals surface area contributed by atoms with Crippen molar-refractivity contribution in [2.45, 2.75) is 6.10 Å². The van der Waals surface area contributed by atoms with Gasteiger partial charge in [-0.05, 0) is 0 Å². The molecule has 3 N–H and O–H groups in total. The maximum Gasteiger partial charge on any atom is 0.100 e. The summed E-state index contributed by atoms with van der Waals surface area (Å²) >= 11 is 0. The molecule has 0 heterocycles. The molecule has 0 amide bonds. The van der Waals surface area contributed by atoms with E-state index in [1.54, 1.807) is 0 Å². The molecule has 0 aromatic rings. The van der Waals surface area contributed by atoms with Crippen molar-refractivity contribution in [2.75, 3.05) is 13.2 Å². The molecule has 0 aromatic carbocycles. The third-order valence-electron chi connectivity index (χ3n) is 0.359. The summed E-state index contributed by atoms with van der Waals surface area (Å²) < 4.78 is 6.33. The van der Waals surface area contributed by atoms with E-state index in [0.717, 1.165) is 0 Å². The molecule has 0 aliphatic carbocycles. The molecule has 0 aromatic heterocycles. The van der Waals surface area contributed by atoms with Gasteiger partial charge in [0.25, 0.3) is 0 Å². The molecule has 0 saturated carbocycles. The molecule has 3 heteroatoms. The second-order valence-electron chi connectivity index (χ2n) is 0.899. The van der Waals surface area contributed by atoms with E-state index < -0.39 is 19.3 Å². The van der Waals surface area contributed by atoms with E-state index in [9.17, 15) is 0 Å². The van der Waals surface area contributed by atoms with E-state index in [2.05, 4.69) is 0 Å². The number of hydrogen-bond acceptors (Lipinski definition) is 3. The van der Waals surface area contributed by atoms with Gasteiger partial charge < -0.3 is 15.3 Å². The number of hydrogen-bond donors (Lipinski definition) is 3. The lowest BCUT2D eigenvalue weighted by Gasteiger charge is -1.96. The van der Waals surface area contributed by atoms with Crippen molar-refractivity contribution in [3.63, 3.8) is 0 Å². The van der Waals surface area contributed by atoms with Crippen LogP contribution >= 0.6 is 0 Å². The van der Waals surface area contributed by atoms with Crippen molar-refractivity contribution in [3.8, 4) is 0 Å². The average Bonchev–Trinajstić information content (AvgIpc) is 1.65. The Labute approximate surface area is 37.3 Å². The molecular formula is C3H8O3. The van der Waals surface area contributed by atoms with Crippen LogP contribution in [0.1, 0.15) is 1.37 Å². The number of aliphatic hydroxyl groups is 3. The van der Waals surface area contributed by atoms with Crippen LogP contribution in [0.15, 0.2) is 0 Å². The molecule has 0 aliphatic rings. The first kappa shape index (κ1) is 4.05. The lowest BCUT2D eigenvalue weighted by atomic mass is 10.8. The summed E-state index contributed by atoms with van der Waals surface area (Å²) in [7, 11) is 0. The summed E-state index contributed by atoms with van der Waals surface area (Å²) in [6, 6.07) is 0. The molecule has 1 unspecified atom stereocenters. The second-order valence-corrected chi connectivity index (χ2v) is 0.899. The van der Waals surface area contributed by atoms with Crippen LogP contribution < -0.4 is 0 Å². The monoisotopic (exact) mass is 94.1 g/mol. The van der Waals surface area contributed by atoms with Crippen LogP contribution in [-0.4, -0.2) is 34.6 Å². The third kappa shape index (κ3) is 2.14. The highest BCUT2D eigenvalue weighted by molar-refractivity contribution is 4.43. The zero-order chi connectivity index (χ0) is 5.86. The summed E-state index contributed by atoms with van der Waals surface area (Å²) in [5.41, 5.74) is 0. The zero-order valence-electron chi connectivity index (χ0n) is 4.20. The Kier molecular flexibility index (Phi) is 2.08. The number of rotatable bonds is 2. The van der Waals surface area contributed by atoms with Crippen molar-refractivity contribution < 1.29 is 16.7 Å². The smallest absolute Gasteiger partial charge is 0.100 e. The highest BCUT2D eigenvalue weighted by Crippen LogP contribution is 1.71. The van der Waals surface area contributed by atoms with Crippen molar-refractivity contribution in [2.24, 2.45) is 0 Å². The maximum atomic E-state index is 8.25. The lowest BCUT2D eigenvalue weighted by molar-refractivity contribution is 0.0450. The van der Waals surface area contributed by atoms with Gasteiger partial charge in [0.05, 0.1) is 14.6 Å². The van der Waals surface area contributed by atoms with Crippen molar-refractivity contribution in [1.82, 2.24) is 0 Å². The molecule has 6 heavy (non-hydrogen) atoms. The third-order valence-corrected chi connectivity index (χ3v) is 0.359. The minimum Gasteiger partial charge on any atom is -0.394 e. The zero-order valence-corrected chi connectivity index (χ0v) is 3.20. The van der Waals surface area contributed by atoms with Crippen molar-refractivity contribution >= 4 is 0 Å². The van der Waals surface area contributed by atoms with Gasteiger partial charge in [0.2, 0.25) is 0 Å². The Hall–Kier alpha value is -0.120. The van der Waals surface area contributed by atoms with Gasteiger partial charge in [0.1, 0.15) is 6.10 Å². The SMILES string of the molecule is [2H]C(O)[13C@H](O)CO. The van der Waals surface area contributed by atoms with Gasteiger partial charge in [-0.1, -0.05) is 0 Å². The molecule has 0 bridgehead atoms.